The molecular weight excluding hydrogens is 264 g/mol. The highest BCUT2D eigenvalue weighted by atomic mass is 16.3. The molecule has 0 aromatic rings. The second kappa shape index (κ2) is 6.66. The first-order valence-electron chi connectivity index (χ1n) is 8.51. The van der Waals surface area contributed by atoms with Crippen LogP contribution in [0, 0.1) is 17.3 Å². The Hall–Kier alpha value is -0.610. The quantitative estimate of drug-likeness (QED) is 0.816. The molecule has 4 heteroatoms. The maximum Gasteiger partial charge on any atom is 0.225 e. The summed E-state index contributed by atoms with van der Waals surface area (Å²) >= 11 is 0. The van der Waals surface area contributed by atoms with Crippen molar-refractivity contribution in [3.8, 4) is 0 Å². The van der Waals surface area contributed by atoms with Crippen LogP contribution in [-0.2, 0) is 4.79 Å². The zero-order valence-corrected chi connectivity index (χ0v) is 14.1. The van der Waals surface area contributed by atoms with Crippen LogP contribution < -0.4 is 5.32 Å². The van der Waals surface area contributed by atoms with Crippen molar-refractivity contribution in [3.63, 3.8) is 0 Å². The molecule has 0 bridgehead atoms. The van der Waals surface area contributed by atoms with Gasteiger partial charge >= 0.3 is 0 Å². The molecule has 21 heavy (non-hydrogen) atoms. The van der Waals surface area contributed by atoms with Gasteiger partial charge in [0.15, 0.2) is 0 Å². The monoisotopic (exact) mass is 296 g/mol. The fourth-order valence-corrected chi connectivity index (χ4v) is 3.17. The first-order valence-corrected chi connectivity index (χ1v) is 8.51. The minimum absolute atomic E-state index is 0.116. The van der Waals surface area contributed by atoms with Gasteiger partial charge in [0.1, 0.15) is 0 Å². The number of hydrogen-bond donors (Lipinski definition) is 2. The summed E-state index contributed by atoms with van der Waals surface area (Å²) in [7, 11) is 0. The molecule has 2 fully saturated rings. The van der Waals surface area contributed by atoms with Crippen LogP contribution in [0.3, 0.4) is 0 Å². The van der Waals surface area contributed by atoms with Gasteiger partial charge in [-0.1, -0.05) is 27.7 Å². The molecule has 2 N–H and O–H groups in total. The first kappa shape index (κ1) is 16.8. The maximum atomic E-state index is 12.2. The maximum absolute atomic E-state index is 12.2. The number of carbonyl (C=O) groups excluding carboxylic acids is 1. The van der Waals surface area contributed by atoms with Crippen molar-refractivity contribution in [2.45, 2.75) is 65.5 Å². The van der Waals surface area contributed by atoms with Crippen LogP contribution in [0.2, 0.25) is 0 Å². The topological polar surface area (TPSA) is 52.6 Å². The summed E-state index contributed by atoms with van der Waals surface area (Å²) in [5.74, 6) is 1.25. The largest absolute Gasteiger partial charge is 0.393 e. The number of rotatable bonds is 5. The van der Waals surface area contributed by atoms with Crippen molar-refractivity contribution in [3.05, 3.63) is 0 Å². The molecule has 1 heterocycles. The summed E-state index contributed by atoms with van der Waals surface area (Å²) in [6, 6.07) is 0.176. The summed E-state index contributed by atoms with van der Waals surface area (Å²) < 4.78 is 0. The highest BCUT2D eigenvalue weighted by Crippen LogP contribution is 2.32. The standard InChI is InChI=1S/C17H32N2O2/c1-5-15(20)13-8-14(18-16(21)17(2,3)4)11-19(10-13)9-12-6-7-12/h12-15,20H,5-11H2,1-4H3,(H,18,21). The Morgan fingerprint density at radius 2 is 2.00 bits per heavy atom. The second-order valence-electron chi connectivity index (χ2n) is 8.05. The van der Waals surface area contributed by atoms with Crippen molar-refractivity contribution in [1.82, 2.24) is 10.2 Å². The molecule has 0 spiro atoms. The van der Waals surface area contributed by atoms with E-state index in [-0.39, 0.29) is 29.4 Å². The molecule has 1 saturated carbocycles. The summed E-state index contributed by atoms with van der Waals surface area (Å²) in [4.78, 5) is 14.7. The Morgan fingerprint density at radius 3 is 2.52 bits per heavy atom. The summed E-state index contributed by atoms with van der Waals surface area (Å²) in [6.07, 6.45) is 4.13. The van der Waals surface area contributed by atoms with E-state index < -0.39 is 0 Å². The zero-order chi connectivity index (χ0) is 15.6. The molecule has 3 atom stereocenters. The molecule has 1 amide bonds. The summed E-state index contributed by atoms with van der Waals surface area (Å²) in [5.41, 5.74) is -0.350. The van der Waals surface area contributed by atoms with Crippen LogP contribution in [0.1, 0.15) is 53.4 Å². The molecule has 1 saturated heterocycles. The molecule has 122 valence electrons. The predicted octanol–water partition coefficient (Wildman–Crippen LogP) is 2.02. The predicted molar refractivity (Wildman–Crippen MR) is 85.0 cm³/mol. The van der Waals surface area contributed by atoms with E-state index in [0.29, 0.717) is 0 Å². The Morgan fingerprint density at radius 1 is 1.33 bits per heavy atom. The molecule has 0 radical (unpaired) electrons. The van der Waals surface area contributed by atoms with Crippen LogP contribution in [0.4, 0.5) is 0 Å². The lowest BCUT2D eigenvalue weighted by Crippen LogP contribution is -2.54. The van der Waals surface area contributed by atoms with Gasteiger partial charge < -0.3 is 15.3 Å². The van der Waals surface area contributed by atoms with Gasteiger partial charge in [0.2, 0.25) is 5.91 Å². The lowest BCUT2D eigenvalue weighted by atomic mass is 9.87. The number of nitrogens with zero attached hydrogens (tertiary/aromatic N) is 1. The highest BCUT2D eigenvalue weighted by molar-refractivity contribution is 5.81. The van der Waals surface area contributed by atoms with Gasteiger partial charge in [-0.15, -0.1) is 0 Å². The van der Waals surface area contributed by atoms with Gasteiger partial charge in [0.25, 0.3) is 0 Å². The van der Waals surface area contributed by atoms with Crippen molar-refractivity contribution in [2.24, 2.45) is 17.3 Å². The van der Waals surface area contributed by atoms with Crippen LogP contribution in [-0.4, -0.2) is 47.7 Å². The Bertz CT molecular complexity index is 360. The zero-order valence-electron chi connectivity index (χ0n) is 14.1. The third-order valence-corrected chi connectivity index (χ3v) is 4.75. The van der Waals surface area contributed by atoms with Crippen molar-refractivity contribution >= 4 is 5.91 Å². The number of amides is 1. The van der Waals surface area contributed by atoms with Crippen LogP contribution in [0.15, 0.2) is 0 Å². The Labute approximate surface area is 129 Å². The fourth-order valence-electron chi connectivity index (χ4n) is 3.17. The number of aliphatic hydroxyl groups excluding tert-OH is 1. The van der Waals surface area contributed by atoms with Gasteiger partial charge in [0, 0.05) is 31.1 Å². The molecular formula is C17H32N2O2. The lowest BCUT2D eigenvalue weighted by molar-refractivity contribution is -0.130. The SMILES string of the molecule is CCC(O)C1CC(NC(=O)C(C)(C)C)CN(CC2CC2)C1. The molecule has 0 aromatic heterocycles. The van der Waals surface area contributed by atoms with E-state index in [4.69, 9.17) is 0 Å². The molecule has 4 nitrogen and oxygen atoms in total. The van der Waals surface area contributed by atoms with E-state index >= 15 is 0 Å². The van der Waals surface area contributed by atoms with Gasteiger partial charge in [-0.05, 0) is 37.5 Å². The first-order chi connectivity index (χ1) is 9.79. The second-order valence-corrected chi connectivity index (χ2v) is 8.05. The van der Waals surface area contributed by atoms with Gasteiger partial charge in [-0.3, -0.25) is 4.79 Å². The van der Waals surface area contributed by atoms with E-state index in [0.717, 1.165) is 38.4 Å². The van der Waals surface area contributed by atoms with Gasteiger partial charge in [-0.25, -0.2) is 0 Å². The van der Waals surface area contributed by atoms with Crippen LogP contribution in [0.5, 0.6) is 0 Å². The Balaban J connectivity index is 1.96. The van der Waals surface area contributed by atoms with E-state index in [9.17, 15) is 9.90 Å². The number of likely N-dealkylation sites (tertiary alicyclic amines) is 1. The number of piperidine rings is 1. The smallest absolute Gasteiger partial charge is 0.225 e. The minimum Gasteiger partial charge on any atom is -0.393 e. The molecule has 0 aromatic carbocycles. The summed E-state index contributed by atoms with van der Waals surface area (Å²) in [6.45, 7) is 10.9. The number of nitrogens with one attached hydrogen (secondary N) is 1. The molecule has 2 rings (SSSR count). The van der Waals surface area contributed by atoms with Crippen molar-refractivity contribution in [1.29, 1.82) is 0 Å². The van der Waals surface area contributed by atoms with Crippen molar-refractivity contribution < 1.29 is 9.90 Å². The average molecular weight is 296 g/mol. The third kappa shape index (κ3) is 4.96. The van der Waals surface area contributed by atoms with E-state index in [1.54, 1.807) is 0 Å². The fraction of sp³-hybridized carbons (Fsp3) is 0.941. The summed E-state index contributed by atoms with van der Waals surface area (Å²) in [5, 5.41) is 13.4. The number of carbonyl (C=O) groups is 1. The minimum atomic E-state index is -0.350. The molecule has 3 unspecified atom stereocenters. The number of aliphatic hydroxyl groups is 1. The molecule has 1 aliphatic heterocycles. The average Bonchev–Trinajstić information content (AvgIpc) is 3.20. The highest BCUT2D eigenvalue weighted by Gasteiger charge is 2.35. The van der Waals surface area contributed by atoms with Crippen molar-refractivity contribution in [2.75, 3.05) is 19.6 Å². The van der Waals surface area contributed by atoms with E-state index in [1.807, 2.05) is 27.7 Å². The normalized spacial score (nSPS) is 29.2. The van der Waals surface area contributed by atoms with Gasteiger partial charge in [0.05, 0.1) is 6.10 Å². The van der Waals surface area contributed by atoms with Crippen LogP contribution >= 0.6 is 0 Å². The number of hydrogen-bond acceptors (Lipinski definition) is 3. The Kier molecular flexibility index (Phi) is 5.31. The van der Waals surface area contributed by atoms with Crippen LogP contribution in [0.25, 0.3) is 0 Å². The van der Waals surface area contributed by atoms with Gasteiger partial charge in [-0.2, -0.15) is 0 Å². The van der Waals surface area contributed by atoms with E-state index in [1.165, 1.54) is 12.8 Å². The molecule has 1 aliphatic carbocycles. The third-order valence-electron chi connectivity index (χ3n) is 4.75. The lowest BCUT2D eigenvalue weighted by Gasteiger charge is -2.40. The molecule has 2 aliphatic rings. The van der Waals surface area contributed by atoms with E-state index in [2.05, 4.69) is 10.2 Å².